The molecule has 31 heavy (non-hydrogen) atoms. The van der Waals surface area contributed by atoms with Crippen LogP contribution < -0.4 is 18.9 Å². The fraction of sp³-hybridized carbons (Fsp3) is 0.120. The van der Waals surface area contributed by atoms with Crippen LogP contribution in [0.1, 0.15) is 26.3 Å². The van der Waals surface area contributed by atoms with E-state index in [9.17, 15) is 9.59 Å². The molecule has 6 heteroatoms. The zero-order valence-electron chi connectivity index (χ0n) is 17.5. The fourth-order valence-corrected chi connectivity index (χ4v) is 2.84. The molecule has 3 aromatic rings. The molecule has 0 radical (unpaired) electrons. The fourth-order valence-electron chi connectivity index (χ4n) is 2.84. The number of allylic oxidation sites excluding steroid dienone is 1. The Bertz CT molecular complexity index is 1100. The van der Waals surface area contributed by atoms with Crippen LogP contribution in [0.3, 0.4) is 0 Å². The summed E-state index contributed by atoms with van der Waals surface area (Å²) in [5, 5.41) is 0. The average molecular weight is 418 g/mol. The Morgan fingerprint density at radius 1 is 0.742 bits per heavy atom. The minimum atomic E-state index is -0.483. The standard InChI is InChI=1S/C25H22O6/c1-28-19-10-8-18(9-11-19)25(27)31-21-6-4-5-17(15-21)7-14-23(26)22-13-12-20(29-2)16-24(22)30-3/h4-16H,1-3H3/b14-7+. The number of benzene rings is 3. The van der Waals surface area contributed by atoms with Crippen molar-refractivity contribution in [2.24, 2.45) is 0 Å². The lowest BCUT2D eigenvalue weighted by molar-refractivity contribution is 0.0734. The Balaban J connectivity index is 1.72. The molecule has 0 fully saturated rings. The Hall–Kier alpha value is -4.06. The zero-order valence-corrected chi connectivity index (χ0v) is 17.5. The van der Waals surface area contributed by atoms with Crippen LogP contribution in [0.15, 0.2) is 72.8 Å². The number of rotatable bonds is 8. The second kappa shape index (κ2) is 10.1. The number of ether oxygens (including phenoxy) is 4. The maximum Gasteiger partial charge on any atom is 0.343 e. The van der Waals surface area contributed by atoms with Crippen LogP contribution in [0.2, 0.25) is 0 Å². The number of carbonyl (C=O) groups is 2. The van der Waals surface area contributed by atoms with E-state index in [4.69, 9.17) is 18.9 Å². The molecule has 3 aromatic carbocycles. The first-order chi connectivity index (χ1) is 15.0. The van der Waals surface area contributed by atoms with Gasteiger partial charge in [0, 0.05) is 6.07 Å². The van der Waals surface area contributed by atoms with Crippen LogP contribution in [0, 0.1) is 0 Å². The number of methoxy groups -OCH3 is 3. The van der Waals surface area contributed by atoms with Gasteiger partial charge in [-0.25, -0.2) is 4.79 Å². The largest absolute Gasteiger partial charge is 0.497 e. The molecule has 0 unspecified atom stereocenters. The Morgan fingerprint density at radius 3 is 2.13 bits per heavy atom. The summed E-state index contributed by atoms with van der Waals surface area (Å²) in [6.07, 6.45) is 3.09. The van der Waals surface area contributed by atoms with Gasteiger partial charge in [0.05, 0.1) is 32.5 Å². The number of ketones is 1. The first kappa shape index (κ1) is 21.6. The SMILES string of the molecule is COc1ccc(C(=O)Oc2cccc(/C=C/C(=O)c3ccc(OC)cc3OC)c2)cc1. The van der Waals surface area contributed by atoms with Crippen molar-refractivity contribution in [3.8, 4) is 23.0 Å². The van der Waals surface area contributed by atoms with E-state index in [2.05, 4.69) is 0 Å². The third kappa shape index (κ3) is 5.51. The monoisotopic (exact) mass is 418 g/mol. The number of hydrogen-bond donors (Lipinski definition) is 0. The molecule has 0 N–H and O–H groups in total. The smallest absolute Gasteiger partial charge is 0.343 e. The van der Waals surface area contributed by atoms with E-state index in [1.165, 1.54) is 13.2 Å². The molecule has 0 saturated carbocycles. The van der Waals surface area contributed by atoms with Gasteiger partial charge in [-0.05, 0) is 60.2 Å². The van der Waals surface area contributed by atoms with Gasteiger partial charge >= 0.3 is 5.97 Å². The lowest BCUT2D eigenvalue weighted by Gasteiger charge is -2.08. The Kier molecular flexibility index (Phi) is 7.06. The molecule has 0 aliphatic rings. The zero-order chi connectivity index (χ0) is 22.2. The summed E-state index contributed by atoms with van der Waals surface area (Å²) >= 11 is 0. The van der Waals surface area contributed by atoms with Gasteiger partial charge in [0.25, 0.3) is 0 Å². The third-order valence-electron chi connectivity index (χ3n) is 4.50. The van der Waals surface area contributed by atoms with E-state index in [1.807, 2.05) is 0 Å². The van der Waals surface area contributed by atoms with Gasteiger partial charge in [0.15, 0.2) is 5.78 Å². The molecule has 0 heterocycles. The minimum absolute atomic E-state index is 0.222. The normalized spacial score (nSPS) is 10.5. The van der Waals surface area contributed by atoms with Gasteiger partial charge in [0.2, 0.25) is 0 Å². The van der Waals surface area contributed by atoms with Crippen molar-refractivity contribution in [1.29, 1.82) is 0 Å². The van der Waals surface area contributed by atoms with E-state index in [1.54, 1.807) is 87.0 Å². The molecule has 0 bridgehead atoms. The molecule has 3 rings (SSSR count). The topological polar surface area (TPSA) is 71.1 Å². The van der Waals surface area contributed by atoms with Gasteiger partial charge in [-0.3, -0.25) is 4.79 Å². The summed E-state index contributed by atoms with van der Waals surface area (Å²) in [4.78, 5) is 24.9. The van der Waals surface area contributed by atoms with Crippen molar-refractivity contribution >= 4 is 17.8 Å². The highest BCUT2D eigenvalue weighted by Gasteiger charge is 2.11. The van der Waals surface area contributed by atoms with E-state index >= 15 is 0 Å². The highest BCUT2D eigenvalue weighted by molar-refractivity contribution is 6.08. The van der Waals surface area contributed by atoms with Crippen molar-refractivity contribution in [2.45, 2.75) is 0 Å². The number of esters is 1. The Morgan fingerprint density at radius 2 is 1.45 bits per heavy atom. The first-order valence-corrected chi connectivity index (χ1v) is 9.45. The average Bonchev–Trinajstić information content (AvgIpc) is 2.82. The highest BCUT2D eigenvalue weighted by atomic mass is 16.5. The van der Waals surface area contributed by atoms with Gasteiger partial charge in [-0.15, -0.1) is 0 Å². The van der Waals surface area contributed by atoms with Gasteiger partial charge in [0.1, 0.15) is 23.0 Å². The van der Waals surface area contributed by atoms with Gasteiger partial charge in [-0.1, -0.05) is 18.2 Å². The molecule has 158 valence electrons. The summed E-state index contributed by atoms with van der Waals surface area (Å²) in [5.74, 6) is 1.35. The first-order valence-electron chi connectivity index (χ1n) is 9.45. The third-order valence-corrected chi connectivity index (χ3v) is 4.50. The summed E-state index contributed by atoms with van der Waals surface area (Å²) in [7, 11) is 4.60. The van der Waals surface area contributed by atoms with Crippen molar-refractivity contribution in [1.82, 2.24) is 0 Å². The molecule has 0 aliphatic carbocycles. The highest BCUT2D eigenvalue weighted by Crippen LogP contribution is 2.25. The maximum absolute atomic E-state index is 12.6. The van der Waals surface area contributed by atoms with E-state index in [-0.39, 0.29) is 5.78 Å². The minimum Gasteiger partial charge on any atom is -0.497 e. The second-order valence-electron chi connectivity index (χ2n) is 6.45. The van der Waals surface area contributed by atoms with Crippen molar-refractivity contribution < 1.29 is 28.5 Å². The molecule has 0 atom stereocenters. The Labute approximate surface area is 180 Å². The number of carbonyl (C=O) groups excluding carboxylic acids is 2. The van der Waals surface area contributed by atoms with Crippen LogP contribution >= 0.6 is 0 Å². The molecule has 0 amide bonds. The predicted molar refractivity (Wildman–Crippen MR) is 117 cm³/mol. The molecular formula is C25H22O6. The van der Waals surface area contributed by atoms with E-state index < -0.39 is 5.97 Å². The van der Waals surface area contributed by atoms with Crippen LogP contribution in [-0.2, 0) is 0 Å². The van der Waals surface area contributed by atoms with Crippen LogP contribution in [0.5, 0.6) is 23.0 Å². The van der Waals surface area contributed by atoms with Crippen molar-refractivity contribution in [3.05, 3.63) is 89.5 Å². The van der Waals surface area contributed by atoms with E-state index in [0.29, 0.717) is 39.7 Å². The maximum atomic E-state index is 12.6. The summed E-state index contributed by atoms with van der Waals surface area (Å²) in [6, 6.07) is 18.5. The predicted octanol–water partition coefficient (Wildman–Crippen LogP) is 4.83. The molecule has 0 spiro atoms. The summed E-state index contributed by atoms with van der Waals surface area (Å²) in [6.45, 7) is 0. The molecule has 0 aromatic heterocycles. The molecule has 0 saturated heterocycles. The van der Waals surface area contributed by atoms with Crippen LogP contribution in [-0.4, -0.2) is 33.1 Å². The van der Waals surface area contributed by atoms with E-state index in [0.717, 1.165) is 0 Å². The quantitative estimate of drug-likeness (QED) is 0.226. The van der Waals surface area contributed by atoms with Gasteiger partial charge in [-0.2, -0.15) is 0 Å². The molecular weight excluding hydrogens is 396 g/mol. The lowest BCUT2D eigenvalue weighted by Crippen LogP contribution is -2.08. The van der Waals surface area contributed by atoms with Crippen molar-refractivity contribution in [3.63, 3.8) is 0 Å². The molecule has 6 nitrogen and oxygen atoms in total. The summed E-state index contributed by atoms with van der Waals surface area (Å²) < 4.78 is 21.0. The molecule has 0 aliphatic heterocycles. The lowest BCUT2D eigenvalue weighted by atomic mass is 10.1. The van der Waals surface area contributed by atoms with Crippen LogP contribution in [0.4, 0.5) is 0 Å². The van der Waals surface area contributed by atoms with Crippen molar-refractivity contribution in [2.75, 3.05) is 21.3 Å². The van der Waals surface area contributed by atoms with Gasteiger partial charge < -0.3 is 18.9 Å². The summed E-state index contributed by atoms with van der Waals surface area (Å²) in [5.41, 5.74) is 1.53. The second-order valence-corrected chi connectivity index (χ2v) is 6.45. The van der Waals surface area contributed by atoms with Crippen LogP contribution in [0.25, 0.3) is 6.08 Å². The number of hydrogen-bond acceptors (Lipinski definition) is 6.